The Labute approximate surface area is 154 Å². The van der Waals surface area contributed by atoms with Gasteiger partial charge in [0.25, 0.3) is 0 Å². The highest BCUT2D eigenvalue weighted by atomic mass is 16.3. The van der Waals surface area contributed by atoms with Gasteiger partial charge in [-0.1, -0.05) is 67.6 Å². The molecule has 1 N–H and O–H groups in total. The summed E-state index contributed by atoms with van der Waals surface area (Å²) in [6.07, 6.45) is 1.08. The average molecular weight is 341 g/mol. The summed E-state index contributed by atoms with van der Waals surface area (Å²) in [6, 6.07) is 26.9. The van der Waals surface area contributed by atoms with Crippen molar-refractivity contribution in [3.63, 3.8) is 0 Å². The fraction of sp³-hybridized carbons (Fsp3) is 0.208. The van der Waals surface area contributed by atoms with Gasteiger partial charge >= 0.3 is 0 Å². The molecule has 26 heavy (non-hydrogen) atoms. The summed E-state index contributed by atoms with van der Waals surface area (Å²) in [7, 11) is 0. The Balaban J connectivity index is 1.61. The minimum atomic E-state index is -0.351. The fourth-order valence-corrected chi connectivity index (χ4v) is 3.76. The number of pyridine rings is 1. The van der Waals surface area contributed by atoms with Crippen molar-refractivity contribution in [3.8, 4) is 0 Å². The van der Waals surface area contributed by atoms with Crippen LogP contribution in [0.15, 0.2) is 78.9 Å². The molecule has 0 aliphatic heterocycles. The number of hydrogen-bond donors (Lipinski definition) is 1. The van der Waals surface area contributed by atoms with E-state index in [1.54, 1.807) is 0 Å². The minimum absolute atomic E-state index is 0.264. The highest BCUT2D eigenvalue weighted by molar-refractivity contribution is 5.94. The molecule has 0 radical (unpaired) electrons. The minimum Gasteiger partial charge on any atom is -0.393 e. The number of para-hydroxylation sites is 1. The van der Waals surface area contributed by atoms with E-state index in [1.165, 1.54) is 16.5 Å². The van der Waals surface area contributed by atoms with E-state index in [-0.39, 0.29) is 12.0 Å². The van der Waals surface area contributed by atoms with Gasteiger partial charge in [0, 0.05) is 10.8 Å². The Bertz CT molecular complexity index is 1030. The predicted octanol–water partition coefficient (Wildman–Crippen LogP) is 5.49. The Morgan fingerprint density at radius 2 is 1.58 bits per heavy atom. The van der Waals surface area contributed by atoms with Gasteiger partial charge in [-0.3, -0.25) is 0 Å². The van der Waals surface area contributed by atoms with Crippen LogP contribution >= 0.6 is 0 Å². The molecule has 130 valence electrons. The summed E-state index contributed by atoms with van der Waals surface area (Å²) in [4.78, 5) is 4.81. The molecule has 3 aromatic carbocycles. The maximum Gasteiger partial charge on any atom is 0.0712 e. The summed E-state index contributed by atoms with van der Waals surface area (Å²) in [5, 5.41) is 12.9. The highest BCUT2D eigenvalue weighted by Gasteiger charge is 2.15. The zero-order valence-electron chi connectivity index (χ0n) is 15.0. The van der Waals surface area contributed by atoms with Crippen molar-refractivity contribution in [2.75, 3.05) is 0 Å². The lowest BCUT2D eigenvalue weighted by Gasteiger charge is -2.19. The number of benzene rings is 3. The summed E-state index contributed by atoms with van der Waals surface area (Å²) >= 11 is 0. The second kappa shape index (κ2) is 7.27. The average Bonchev–Trinajstić information content (AvgIpc) is 2.66. The summed E-state index contributed by atoms with van der Waals surface area (Å²) in [5.74, 6) is 0.264. The van der Waals surface area contributed by atoms with E-state index in [0.29, 0.717) is 6.42 Å². The standard InChI is InChI=1S/C24H23NO/c1-17(14-20(26)15-18-8-3-2-4-9-18)21-11-7-13-24-22(21)16-19-10-5-6-12-23(19)25-24/h2-13,16-17,20,26H,14-15H2,1H3. The first kappa shape index (κ1) is 16.7. The topological polar surface area (TPSA) is 33.1 Å². The van der Waals surface area contributed by atoms with E-state index in [4.69, 9.17) is 4.98 Å². The monoisotopic (exact) mass is 341 g/mol. The van der Waals surface area contributed by atoms with E-state index >= 15 is 0 Å². The second-order valence-electron chi connectivity index (χ2n) is 7.08. The van der Waals surface area contributed by atoms with Crippen LogP contribution < -0.4 is 0 Å². The molecule has 0 saturated carbocycles. The Morgan fingerprint density at radius 1 is 0.846 bits per heavy atom. The molecule has 0 bridgehead atoms. The van der Waals surface area contributed by atoms with Crippen LogP contribution in [0, 0.1) is 0 Å². The lowest BCUT2D eigenvalue weighted by Crippen LogP contribution is -2.14. The molecule has 2 unspecified atom stereocenters. The third-order valence-electron chi connectivity index (χ3n) is 5.07. The normalized spacial score (nSPS) is 13.8. The van der Waals surface area contributed by atoms with Crippen molar-refractivity contribution in [2.24, 2.45) is 0 Å². The quantitative estimate of drug-likeness (QED) is 0.487. The van der Waals surface area contributed by atoms with Gasteiger partial charge in [0.2, 0.25) is 0 Å². The van der Waals surface area contributed by atoms with Gasteiger partial charge in [0.05, 0.1) is 17.1 Å². The van der Waals surface area contributed by atoms with Crippen LogP contribution in [-0.4, -0.2) is 16.2 Å². The summed E-state index contributed by atoms with van der Waals surface area (Å²) in [5.41, 5.74) is 4.48. The number of nitrogens with zero attached hydrogens (tertiary/aromatic N) is 1. The first-order valence-corrected chi connectivity index (χ1v) is 9.21. The van der Waals surface area contributed by atoms with Crippen LogP contribution in [0.25, 0.3) is 21.8 Å². The van der Waals surface area contributed by atoms with Crippen molar-refractivity contribution >= 4 is 21.8 Å². The number of aliphatic hydroxyl groups excluding tert-OH is 1. The lowest BCUT2D eigenvalue weighted by molar-refractivity contribution is 0.157. The van der Waals surface area contributed by atoms with Crippen molar-refractivity contribution in [2.45, 2.75) is 31.8 Å². The fourth-order valence-electron chi connectivity index (χ4n) is 3.76. The molecule has 0 fully saturated rings. The molecule has 0 saturated heterocycles. The van der Waals surface area contributed by atoms with Crippen LogP contribution in [0.3, 0.4) is 0 Å². The molecule has 0 spiro atoms. The van der Waals surface area contributed by atoms with Crippen molar-refractivity contribution in [1.82, 2.24) is 4.98 Å². The van der Waals surface area contributed by atoms with Crippen LogP contribution in [0.1, 0.15) is 30.4 Å². The molecule has 0 amide bonds. The van der Waals surface area contributed by atoms with Crippen LogP contribution in [-0.2, 0) is 6.42 Å². The summed E-state index contributed by atoms with van der Waals surface area (Å²) in [6.45, 7) is 2.19. The van der Waals surface area contributed by atoms with Gasteiger partial charge < -0.3 is 5.11 Å². The van der Waals surface area contributed by atoms with Gasteiger partial charge in [-0.2, -0.15) is 0 Å². The molecule has 0 aliphatic carbocycles. The molecular formula is C24H23NO. The van der Waals surface area contributed by atoms with Crippen molar-refractivity contribution in [3.05, 3.63) is 90.0 Å². The van der Waals surface area contributed by atoms with E-state index in [1.807, 2.05) is 30.3 Å². The van der Waals surface area contributed by atoms with Crippen molar-refractivity contribution < 1.29 is 5.11 Å². The zero-order chi connectivity index (χ0) is 17.9. The number of rotatable bonds is 5. The highest BCUT2D eigenvalue weighted by Crippen LogP contribution is 2.30. The first-order chi connectivity index (χ1) is 12.7. The third kappa shape index (κ3) is 3.47. The Kier molecular flexibility index (Phi) is 4.68. The first-order valence-electron chi connectivity index (χ1n) is 9.21. The van der Waals surface area contributed by atoms with Crippen LogP contribution in [0.5, 0.6) is 0 Å². The number of hydrogen-bond acceptors (Lipinski definition) is 2. The van der Waals surface area contributed by atoms with E-state index in [2.05, 4.69) is 55.5 Å². The molecule has 4 rings (SSSR count). The zero-order valence-corrected chi connectivity index (χ0v) is 15.0. The predicted molar refractivity (Wildman–Crippen MR) is 108 cm³/mol. The van der Waals surface area contributed by atoms with Gasteiger partial charge in [0.15, 0.2) is 0 Å². The number of fused-ring (bicyclic) bond motifs is 2. The maximum absolute atomic E-state index is 10.6. The summed E-state index contributed by atoms with van der Waals surface area (Å²) < 4.78 is 0. The Morgan fingerprint density at radius 3 is 2.42 bits per heavy atom. The molecular weight excluding hydrogens is 318 g/mol. The SMILES string of the molecule is CC(CC(O)Cc1ccccc1)c1cccc2nc3ccccc3cc12. The molecule has 2 atom stereocenters. The number of aromatic nitrogens is 1. The molecule has 1 heterocycles. The van der Waals surface area contributed by atoms with E-state index < -0.39 is 0 Å². The molecule has 1 aromatic heterocycles. The second-order valence-corrected chi connectivity index (χ2v) is 7.08. The van der Waals surface area contributed by atoms with Crippen LogP contribution in [0.4, 0.5) is 0 Å². The lowest BCUT2D eigenvalue weighted by atomic mass is 9.90. The maximum atomic E-state index is 10.6. The van der Waals surface area contributed by atoms with Crippen LogP contribution in [0.2, 0.25) is 0 Å². The molecule has 2 heteroatoms. The van der Waals surface area contributed by atoms with Gasteiger partial charge in [-0.25, -0.2) is 4.98 Å². The van der Waals surface area contributed by atoms with Gasteiger partial charge in [0.1, 0.15) is 0 Å². The van der Waals surface area contributed by atoms with E-state index in [0.717, 1.165) is 22.8 Å². The molecule has 0 aliphatic rings. The number of aliphatic hydroxyl groups is 1. The largest absolute Gasteiger partial charge is 0.393 e. The molecule has 4 aromatic rings. The smallest absolute Gasteiger partial charge is 0.0712 e. The van der Waals surface area contributed by atoms with E-state index in [9.17, 15) is 5.11 Å². The van der Waals surface area contributed by atoms with Gasteiger partial charge in [-0.05, 0) is 48.1 Å². The molecule has 2 nitrogen and oxygen atoms in total. The Hall–Kier alpha value is -2.71. The third-order valence-corrected chi connectivity index (χ3v) is 5.07. The van der Waals surface area contributed by atoms with Gasteiger partial charge in [-0.15, -0.1) is 0 Å². The van der Waals surface area contributed by atoms with Crippen molar-refractivity contribution in [1.29, 1.82) is 0 Å².